The Bertz CT molecular complexity index is 1600. The predicted molar refractivity (Wildman–Crippen MR) is 158 cm³/mol. The molecule has 2 aromatic carbocycles. The number of ether oxygens (including phenoxy) is 5. The number of esters is 1. The van der Waals surface area contributed by atoms with Crippen molar-refractivity contribution in [2.24, 2.45) is 0 Å². The van der Waals surface area contributed by atoms with E-state index >= 15 is 0 Å². The highest BCUT2D eigenvalue weighted by atomic mass is 32.1. The molecule has 1 atom stereocenters. The van der Waals surface area contributed by atoms with Crippen molar-refractivity contribution in [1.29, 1.82) is 0 Å². The lowest BCUT2D eigenvalue weighted by Crippen LogP contribution is -2.29. The first kappa shape index (κ1) is 29.9. The summed E-state index contributed by atoms with van der Waals surface area (Å²) in [6.07, 6.45) is 1.81. The van der Waals surface area contributed by atoms with Crippen molar-refractivity contribution in [3.05, 3.63) is 63.7 Å². The summed E-state index contributed by atoms with van der Waals surface area (Å²) in [5, 5.41) is 11.7. The van der Waals surface area contributed by atoms with Crippen LogP contribution in [0, 0.1) is 6.92 Å². The molecule has 11 nitrogen and oxygen atoms in total. The number of Topliss-reactive ketones (excluding diaryl/α,β-unsaturated/α-hetero) is 1. The molecule has 1 amide bonds. The molecule has 0 unspecified atom stereocenters. The van der Waals surface area contributed by atoms with Crippen molar-refractivity contribution in [3.63, 3.8) is 0 Å². The van der Waals surface area contributed by atoms with Crippen LogP contribution in [0.4, 0.5) is 5.13 Å². The monoisotopic (exact) mass is 608 g/mol. The molecule has 5 rings (SSSR count). The Morgan fingerprint density at radius 3 is 2.56 bits per heavy atom. The molecule has 0 bridgehead atoms. The molecular weight excluding hydrogens is 576 g/mol. The van der Waals surface area contributed by atoms with Gasteiger partial charge in [-0.15, -0.1) is 0 Å². The van der Waals surface area contributed by atoms with Gasteiger partial charge >= 0.3 is 11.9 Å². The molecule has 43 heavy (non-hydrogen) atoms. The number of nitrogens with zero attached hydrogens (tertiary/aromatic N) is 2. The van der Waals surface area contributed by atoms with Gasteiger partial charge in [-0.05, 0) is 56.2 Å². The number of benzene rings is 2. The number of hydrogen-bond donors (Lipinski definition) is 1. The Morgan fingerprint density at radius 2 is 1.84 bits per heavy atom. The summed E-state index contributed by atoms with van der Waals surface area (Å²) in [5.74, 6) is -0.975. The molecule has 0 radical (unpaired) electrons. The summed E-state index contributed by atoms with van der Waals surface area (Å²) >= 11 is 0.924. The molecule has 1 fully saturated rings. The van der Waals surface area contributed by atoms with Gasteiger partial charge in [0.05, 0.1) is 37.6 Å². The van der Waals surface area contributed by atoms with E-state index in [2.05, 4.69) is 11.9 Å². The van der Waals surface area contributed by atoms with Crippen LogP contribution >= 0.6 is 11.3 Å². The number of ketones is 1. The van der Waals surface area contributed by atoms with Gasteiger partial charge in [-0.1, -0.05) is 30.7 Å². The Balaban J connectivity index is 1.68. The van der Waals surface area contributed by atoms with Crippen molar-refractivity contribution in [1.82, 2.24) is 4.98 Å². The standard InChI is InChI=1S/C31H32N2O9S/c1-5-7-12-40-20-10-8-18(15-22(20)39-6-2)25-24(26(34)19-9-11-21-23(16-19)42-14-13-41-21)27(35)29(36)33(25)31-32-17(3)28(43-31)30(37)38-4/h8-11,15-16,25,34H,5-7,12-14H2,1-4H3/t25-/m0/s1. The maximum Gasteiger partial charge on any atom is 0.350 e. The second-order valence-corrected chi connectivity index (χ2v) is 10.7. The van der Waals surface area contributed by atoms with Gasteiger partial charge in [-0.25, -0.2) is 9.78 Å². The number of aryl methyl sites for hydroxylation is 1. The van der Waals surface area contributed by atoms with Crippen LogP contribution in [-0.4, -0.2) is 61.3 Å². The first-order chi connectivity index (χ1) is 20.8. The fourth-order valence-corrected chi connectivity index (χ4v) is 5.88. The van der Waals surface area contributed by atoms with Crippen LogP contribution in [0.1, 0.15) is 59.2 Å². The SMILES string of the molecule is CCCCOc1ccc([C@H]2C(=C(O)c3ccc4c(c3)OCCO4)C(=O)C(=O)N2c2nc(C)c(C(=O)OC)s2)cc1OCC. The normalized spacial score (nSPS) is 17.2. The zero-order valence-corrected chi connectivity index (χ0v) is 25.1. The van der Waals surface area contributed by atoms with Gasteiger partial charge in [0.1, 0.15) is 23.9 Å². The van der Waals surface area contributed by atoms with Crippen molar-refractivity contribution >= 4 is 39.9 Å². The largest absolute Gasteiger partial charge is 0.507 e. The number of hydrogen-bond acceptors (Lipinski definition) is 11. The van der Waals surface area contributed by atoms with Gasteiger partial charge in [-0.2, -0.15) is 0 Å². The van der Waals surface area contributed by atoms with Gasteiger partial charge in [-0.3, -0.25) is 14.5 Å². The third kappa shape index (κ3) is 5.74. The quantitative estimate of drug-likeness (QED) is 0.107. The predicted octanol–water partition coefficient (Wildman–Crippen LogP) is 5.21. The van der Waals surface area contributed by atoms with Crippen LogP contribution in [0.2, 0.25) is 0 Å². The lowest BCUT2D eigenvalue weighted by Gasteiger charge is -2.24. The Labute approximate surface area is 252 Å². The molecule has 0 spiro atoms. The van der Waals surface area contributed by atoms with Crippen molar-refractivity contribution in [2.45, 2.75) is 39.7 Å². The number of amides is 1. The number of thiazole rings is 1. The van der Waals surface area contributed by atoms with E-state index in [1.807, 2.05) is 6.92 Å². The number of methoxy groups -OCH3 is 1. The van der Waals surface area contributed by atoms with Crippen LogP contribution in [0.5, 0.6) is 23.0 Å². The molecular formula is C31H32N2O9S. The zero-order valence-electron chi connectivity index (χ0n) is 24.3. The number of fused-ring (bicyclic) bond motifs is 1. The summed E-state index contributed by atoms with van der Waals surface area (Å²) in [6.45, 7) is 7.08. The maximum atomic E-state index is 13.7. The van der Waals surface area contributed by atoms with Gasteiger partial charge in [0.2, 0.25) is 0 Å². The molecule has 1 saturated heterocycles. The topological polar surface area (TPSA) is 134 Å². The molecule has 1 N–H and O–H groups in total. The smallest absolute Gasteiger partial charge is 0.350 e. The van der Waals surface area contributed by atoms with Gasteiger partial charge < -0.3 is 28.8 Å². The fraction of sp³-hybridized carbons (Fsp3) is 0.355. The first-order valence-electron chi connectivity index (χ1n) is 13.9. The minimum atomic E-state index is -1.10. The molecule has 0 aliphatic carbocycles. The Kier molecular flexibility index (Phi) is 8.86. The fourth-order valence-electron chi connectivity index (χ4n) is 4.87. The highest BCUT2D eigenvalue weighted by molar-refractivity contribution is 7.17. The number of rotatable bonds is 10. The summed E-state index contributed by atoms with van der Waals surface area (Å²) in [5.41, 5.74) is 0.921. The number of aliphatic hydroxyl groups is 1. The van der Waals surface area contributed by atoms with Crippen LogP contribution in [0.3, 0.4) is 0 Å². The van der Waals surface area contributed by atoms with Crippen LogP contribution in [0.25, 0.3) is 5.76 Å². The van der Waals surface area contributed by atoms with E-state index in [1.54, 1.807) is 43.3 Å². The van der Waals surface area contributed by atoms with Gasteiger partial charge in [0.25, 0.3) is 5.78 Å². The van der Waals surface area contributed by atoms with E-state index in [4.69, 9.17) is 23.7 Å². The van der Waals surface area contributed by atoms with Gasteiger partial charge in [0, 0.05) is 5.56 Å². The molecule has 226 valence electrons. The molecule has 2 aliphatic heterocycles. The summed E-state index contributed by atoms with van der Waals surface area (Å²) < 4.78 is 27.9. The Morgan fingerprint density at radius 1 is 1.07 bits per heavy atom. The number of carbonyl (C=O) groups is 3. The molecule has 0 saturated carbocycles. The zero-order chi connectivity index (χ0) is 30.7. The second kappa shape index (κ2) is 12.7. The number of aromatic nitrogens is 1. The lowest BCUT2D eigenvalue weighted by molar-refractivity contribution is -0.132. The van der Waals surface area contributed by atoms with E-state index in [9.17, 15) is 19.5 Å². The van der Waals surface area contributed by atoms with E-state index in [-0.39, 0.29) is 21.1 Å². The number of anilines is 1. The van der Waals surface area contributed by atoms with Crippen LogP contribution < -0.4 is 23.8 Å². The summed E-state index contributed by atoms with van der Waals surface area (Å²) in [7, 11) is 1.25. The van der Waals surface area contributed by atoms with Crippen LogP contribution in [-0.2, 0) is 14.3 Å². The number of carbonyl (C=O) groups excluding carboxylic acids is 3. The minimum Gasteiger partial charge on any atom is -0.507 e. The summed E-state index contributed by atoms with van der Waals surface area (Å²) in [6, 6.07) is 8.80. The average Bonchev–Trinajstić information content (AvgIpc) is 3.53. The van der Waals surface area contributed by atoms with Crippen molar-refractivity contribution < 1.29 is 43.2 Å². The van der Waals surface area contributed by atoms with Crippen molar-refractivity contribution in [3.8, 4) is 23.0 Å². The van der Waals surface area contributed by atoms with Gasteiger partial charge in [0.15, 0.2) is 28.1 Å². The number of unbranched alkanes of at least 4 members (excludes halogenated alkanes) is 1. The summed E-state index contributed by atoms with van der Waals surface area (Å²) in [4.78, 5) is 45.5. The maximum absolute atomic E-state index is 13.7. The van der Waals surface area contributed by atoms with Crippen molar-refractivity contribution in [2.75, 3.05) is 38.4 Å². The minimum absolute atomic E-state index is 0.104. The molecule has 12 heteroatoms. The molecule has 2 aliphatic rings. The van der Waals surface area contributed by atoms with E-state index in [0.29, 0.717) is 60.7 Å². The average molecular weight is 609 g/mol. The number of aliphatic hydroxyl groups excluding tert-OH is 1. The first-order valence-corrected chi connectivity index (χ1v) is 14.8. The Hall–Kier alpha value is -4.58. The molecule has 1 aromatic heterocycles. The molecule has 3 heterocycles. The highest BCUT2D eigenvalue weighted by Crippen LogP contribution is 2.46. The third-order valence-electron chi connectivity index (χ3n) is 6.96. The third-order valence-corrected chi connectivity index (χ3v) is 8.10. The highest BCUT2D eigenvalue weighted by Gasteiger charge is 2.48. The molecule has 3 aromatic rings. The van der Waals surface area contributed by atoms with E-state index in [0.717, 1.165) is 24.2 Å². The lowest BCUT2D eigenvalue weighted by atomic mass is 9.95. The van der Waals surface area contributed by atoms with E-state index in [1.165, 1.54) is 12.0 Å². The van der Waals surface area contributed by atoms with Crippen LogP contribution in [0.15, 0.2) is 42.0 Å². The second-order valence-electron chi connectivity index (χ2n) is 9.77. The van der Waals surface area contributed by atoms with E-state index < -0.39 is 29.5 Å².